The van der Waals surface area contributed by atoms with Crippen molar-refractivity contribution >= 4 is 11.7 Å². The van der Waals surface area contributed by atoms with Crippen molar-refractivity contribution in [1.82, 2.24) is 19.5 Å². The highest BCUT2D eigenvalue weighted by molar-refractivity contribution is 6.03. The van der Waals surface area contributed by atoms with Crippen LogP contribution in [-0.4, -0.2) is 46.1 Å². The normalized spacial score (nSPS) is 10.4. The van der Waals surface area contributed by atoms with Crippen molar-refractivity contribution in [2.24, 2.45) is 7.05 Å². The number of nitrogens with zero attached hydrogens (tertiary/aromatic N) is 4. The number of hydrogen-bond donors (Lipinski definition) is 1. The number of methoxy groups -OCH3 is 2. The van der Waals surface area contributed by atoms with Crippen LogP contribution < -0.4 is 20.3 Å². The first-order valence-corrected chi connectivity index (χ1v) is 8.37. The summed E-state index contributed by atoms with van der Waals surface area (Å²) in [5, 5.41) is 2.91. The fourth-order valence-electron chi connectivity index (χ4n) is 2.64. The minimum Gasteiger partial charge on any atom is -0.496 e. The molecule has 144 valence electrons. The molecule has 0 amide bonds. The first kappa shape index (κ1) is 19.0. The summed E-state index contributed by atoms with van der Waals surface area (Å²) in [4.78, 5) is 37.4. The Labute approximate surface area is 161 Å². The van der Waals surface area contributed by atoms with Crippen molar-refractivity contribution < 1.29 is 14.3 Å². The highest BCUT2D eigenvalue weighted by atomic mass is 16.5. The van der Waals surface area contributed by atoms with Gasteiger partial charge in [0.15, 0.2) is 5.78 Å². The van der Waals surface area contributed by atoms with E-state index < -0.39 is 0 Å². The molecule has 0 spiro atoms. The van der Waals surface area contributed by atoms with Crippen LogP contribution in [0.3, 0.4) is 0 Å². The molecule has 0 bridgehead atoms. The van der Waals surface area contributed by atoms with Gasteiger partial charge < -0.3 is 14.8 Å². The maximum atomic E-state index is 12.8. The van der Waals surface area contributed by atoms with Crippen LogP contribution in [0, 0.1) is 0 Å². The number of anilines is 1. The molecule has 0 saturated heterocycles. The van der Waals surface area contributed by atoms with E-state index in [1.807, 2.05) is 0 Å². The zero-order valence-corrected chi connectivity index (χ0v) is 15.7. The van der Waals surface area contributed by atoms with Crippen LogP contribution in [0.15, 0.2) is 47.7 Å². The number of nitrogens with one attached hydrogen (secondary N) is 1. The predicted molar refractivity (Wildman–Crippen MR) is 103 cm³/mol. The molecule has 2 aromatic heterocycles. The second kappa shape index (κ2) is 8.30. The monoisotopic (exact) mass is 381 g/mol. The van der Waals surface area contributed by atoms with Gasteiger partial charge in [-0.25, -0.2) is 15.0 Å². The van der Waals surface area contributed by atoms with E-state index in [1.54, 1.807) is 37.5 Å². The zero-order chi connectivity index (χ0) is 20.1. The average molecular weight is 381 g/mol. The quantitative estimate of drug-likeness (QED) is 0.614. The molecule has 9 heteroatoms. The molecule has 0 atom stereocenters. The highest BCUT2D eigenvalue weighted by Crippen LogP contribution is 2.28. The Kier molecular flexibility index (Phi) is 5.64. The van der Waals surface area contributed by atoms with Crippen LogP contribution in [0.5, 0.6) is 11.5 Å². The van der Waals surface area contributed by atoms with Gasteiger partial charge in [-0.1, -0.05) is 6.07 Å². The van der Waals surface area contributed by atoms with E-state index in [9.17, 15) is 9.59 Å². The summed E-state index contributed by atoms with van der Waals surface area (Å²) >= 11 is 0. The van der Waals surface area contributed by atoms with Crippen LogP contribution in [0.4, 0.5) is 5.95 Å². The Morgan fingerprint density at radius 2 is 1.86 bits per heavy atom. The van der Waals surface area contributed by atoms with Gasteiger partial charge in [0.1, 0.15) is 23.4 Å². The number of benzene rings is 1. The minimum absolute atomic E-state index is 0.107. The number of carbonyl (C=O) groups is 1. The SMILES string of the molecule is COc1cccc(OC)c1C(=O)CNc1nc(-c2ccncn2)cc(=O)n1C. The maximum absolute atomic E-state index is 12.8. The highest BCUT2D eigenvalue weighted by Gasteiger charge is 2.18. The molecule has 0 aliphatic rings. The summed E-state index contributed by atoms with van der Waals surface area (Å²) in [6.07, 6.45) is 2.94. The van der Waals surface area contributed by atoms with Crippen LogP contribution in [0.2, 0.25) is 0 Å². The number of rotatable bonds is 7. The van der Waals surface area contributed by atoms with E-state index in [0.717, 1.165) is 0 Å². The fourth-order valence-corrected chi connectivity index (χ4v) is 2.64. The largest absolute Gasteiger partial charge is 0.496 e. The first-order chi connectivity index (χ1) is 13.5. The van der Waals surface area contributed by atoms with E-state index in [1.165, 1.54) is 31.2 Å². The average Bonchev–Trinajstić information content (AvgIpc) is 2.74. The van der Waals surface area contributed by atoms with E-state index in [2.05, 4.69) is 20.3 Å². The number of aromatic nitrogens is 4. The standard InChI is InChI=1S/C19H19N5O4/c1-24-17(26)9-13(12-7-8-20-11-22-12)23-19(24)21-10-14(25)18-15(27-2)5-4-6-16(18)28-3/h4-9,11H,10H2,1-3H3,(H,21,23). The van der Waals surface area contributed by atoms with Gasteiger partial charge in [-0.3, -0.25) is 14.2 Å². The Morgan fingerprint density at radius 3 is 2.46 bits per heavy atom. The van der Waals surface area contributed by atoms with Crippen molar-refractivity contribution in [2.75, 3.05) is 26.1 Å². The lowest BCUT2D eigenvalue weighted by Crippen LogP contribution is -2.25. The Balaban J connectivity index is 1.88. The van der Waals surface area contributed by atoms with E-state index >= 15 is 0 Å². The minimum atomic E-state index is -0.284. The summed E-state index contributed by atoms with van der Waals surface area (Å²) in [6, 6.07) is 8.12. The Morgan fingerprint density at radius 1 is 1.14 bits per heavy atom. The summed E-state index contributed by atoms with van der Waals surface area (Å²) < 4.78 is 11.9. The van der Waals surface area contributed by atoms with Crippen LogP contribution in [0.25, 0.3) is 11.4 Å². The van der Waals surface area contributed by atoms with Crippen molar-refractivity contribution in [3.8, 4) is 22.9 Å². The van der Waals surface area contributed by atoms with E-state index in [-0.39, 0.29) is 23.8 Å². The van der Waals surface area contributed by atoms with Gasteiger partial charge in [0.2, 0.25) is 5.95 Å². The molecule has 0 saturated carbocycles. The predicted octanol–water partition coefficient (Wildman–Crippen LogP) is 1.55. The first-order valence-electron chi connectivity index (χ1n) is 8.37. The van der Waals surface area contributed by atoms with E-state index in [0.29, 0.717) is 28.5 Å². The maximum Gasteiger partial charge on any atom is 0.255 e. The Bertz CT molecular complexity index is 1030. The van der Waals surface area contributed by atoms with Crippen molar-refractivity contribution in [3.05, 3.63) is 58.8 Å². The molecule has 28 heavy (non-hydrogen) atoms. The zero-order valence-electron chi connectivity index (χ0n) is 15.7. The van der Waals surface area contributed by atoms with Crippen LogP contribution in [-0.2, 0) is 7.05 Å². The van der Waals surface area contributed by atoms with Gasteiger partial charge in [0.05, 0.1) is 32.2 Å². The number of carbonyl (C=O) groups excluding carboxylic acids is 1. The van der Waals surface area contributed by atoms with E-state index in [4.69, 9.17) is 9.47 Å². The van der Waals surface area contributed by atoms with Gasteiger partial charge in [-0.15, -0.1) is 0 Å². The summed E-state index contributed by atoms with van der Waals surface area (Å²) in [5.41, 5.74) is 0.925. The van der Waals surface area contributed by atoms with Gasteiger partial charge in [0, 0.05) is 19.3 Å². The summed E-state index contributed by atoms with van der Waals surface area (Å²) in [7, 11) is 4.53. The molecule has 3 aromatic rings. The van der Waals surface area contributed by atoms with Crippen LogP contribution >= 0.6 is 0 Å². The summed E-state index contributed by atoms with van der Waals surface area (Å²) in [6.45, 7) is -0.107. The Hall–Kier alpha value is -3.75. The molecule has 3 rings (SSSR count). The molecule has 1 aromatic carbocycles. The van der Waals surface area contributed by atoms with Gasteiger partial charge >= 0.3 is 0 Å². The molecule has 0 unspecified atom stereocenters. The summed E-state index contributed by atoms with van der Waals surface area (Å²) in [5.74, 6) is 0.782. The van der Waals surface area contributed by atoms with Crippen LogP contribution in [0.1, 0.15) is 10.4 Å². The third-order valence-corrected chi connectivity index (χ3v) is 4.09. The van der Waals surface area contributed by atoms with Gasteiger partial charge in [-0.05, 0) is 18.2 Å². The van der Waals surface area contributed by atoms with Crippen molar-refractivity contribution in [1.29, 1.82) is 0 Å². The lowest BCUT2D eigenvalue weighted by Gasteiger charge is -2.14. The number of ketones is 1. The topological polar surface area (TPSA) is 108 Å². The molecule has 0 aliphatic carbocycles. The number of Topliss-reactive ketones (excluding diaryl/α,β-unsaturated/α-hetero) is 1. The van der Waals surface area contributed by atoms with Crippen molar-refractivity contribution in [3.63, 3.8) is 0 Å². The molecule has 9 nitrogen and oxygen atoms in total. The van der Waals surface area contributed by atoms with Gasteiger partial charge in [-0.2, -0.15) is 0 Å². The molecule has 0 radical (unpaired) electrons. The smallest absolute Gasteiger partial charge is 0.255 e. The fraction of sp³-hybridized carbons (Fsp3) is 0.211. The molecule has 0 fully saturated rings. The molecule has 0 aliphatic heterocycles. The lowest BCUT2D eigenvalue weighted by molar-refractivity contribution is 0.1000. The second-order valence-electron chi connectivity index (χ2n) is 5.77. The second-order valence-corrected chi connectivity index (χ2v) is 5.77. The van der Waals surface area contributed by atoms with Crippen molar-refractivity contribution in [2.45, 2.75) is 0 Å². The lowest BCUT2D eigenvalue weighted by atomic mass is 10.1. The number of ether oxygens (including phenoxy) is 2. The third kappa shape index (κ3) is 3.83. The molecule has 2 heterocycles. The molecule has 1 N–H and O–H groups in total. The number of hydrogen-bond acceptors (Lipinski definition) is 8. The molecular weight excluding hydrogens is 362 g/mol. The third-order valence-electron chi connectivity index (χ3n) is 4.09. The molecular formula is C19H19N5O4. The van der Waals surface area contributed by atoms with Gasteiger partial charge in [0.25, 0.3) is 5.56 Å².